The Morgan fingerprint density at radius 3 is 2.84 bits per heavy atom. The van der Waals surface area contributed by atoms with E-state index in [1.165, 1.54) is 13.3 Å². The third-order valence-corrected chi connectivity index (χ3v) is 4.72. The van der Waals surface area contributed by atoms with Gasteiger partial charge in [0, 0.05) is 12.2 Å². The molecule has 4 nitrogen and oxygen atoms in total. The summed E-state index contributed by atoms with van der Waals surface area (Å²) in [7, 11) is -0.373. The summed E-state index contributed by atoms with van der Waals surface area (Å²) in [6.07, 6.45) is -1.79. The molecule has 0 amide bonds. The zero-order chi connectivity index (χ0) is 14.4. The molecular weight excluding hydrogens is 325 g/mol. The molecule has 0 radical (unpaired) electrons. The van der Waals surface area contributed by atoms with Gasteiger partial charge in [-0.1, -0.05) is 28.1 Å². The topological polar surface area (TPSA) is 51.6 Å². The highest BCUT2D eigenvalue weighted by molar-refractivity contribution is 7.87. The van der Waals surface area contributed by atoms with Crippen molar-refractivity contribution in [3.8, 4) is 0 Å². The van der Waals surface area contributed by atoms with Crippen molar-refractivity contribution in [3.05, 3.63) is 21.9 Å². The number of aromatic nitrogens is 1. The molecule has 1 unspecified atom stereocenters. The Kier molecular flexibility index (Phi) is 6.46. The van der Waals surface area contributed by atoms with Crippen LogP contribution in [0.3, 0.4) is 0 Å². The van der Waals surface area contributed by atoms with E-state index in [9.17, 15) is 17.4 Å². The third kappa shape index (κ3) is 4.92. The summed E-state index contributed by atoms with van der Waals surface area (Å²) in [5.74, 6) is -1.87. The van der Waals surface area contributed by atoms with Gasteiger partial charge in [-0.25, -0.2) is 9.37 Å². The Morgan fingerprint density at radius 1 is 1.58 bits per heavy atom. The van der Waals surface area contributed by atoms with Crippen LogP contribution in [0.1, 0.15) is 12.1 Å². The fourth-order valence-corrected chi connectivity index (χ4v) is 3.50. The first-order valence-corrected chi connectivity index (χ1v) is 7.28. The summed E-state index contributed by atoms with van der Waals surface area (Å²) in [6.45, 7) is 0. The normalized spacial score (nSPS) is 12.7. The molecule has 1 aromatic heterocycles. The van der Waals surface area contributed by atoms with E-state index in [4.69, 9.17) is 11.6 Å². The maximum atomic E-state index is 12.6. The molecule has 0 bridgehead atoms. The van der Waals surface area contributed by atoms with Crippen LogP contribution in [-0.2, 0) is 15.6 Å². The molecule has 10 heteroatoms. The lowest BCUT2D eigenvalue weighted by atomic mass is 10.4. The number of halogens is 4. The molecule has 0 fully saturated rings. The molecule has 0 N–H and O–H groups in total. The van der Waals surface area contributed by atoms with Crippen LogP contribution >= 0.6 is 22.9 Å². The van der Waals surface area contributed by atoms with Crippen LogP contribution in [0.25, 0.3) is 0 Å². The summed E-state index contributed by atoms with van der Waals surface area (Å²) >= 11 is 6.72. The van der Waals surface area contributed by atoms with Gasteiger partial charge in [0.05, 0.1) is 17.0 Å². The lowest BCUT2D eigenvalue weighted by molar-refractivity contribution is 0.215. The molecule has 0 aromatic carbocycles. The number of hydrogen-bond donors (Lipinski definition) is 0. The summed E-state index contributed by atoms with van der Waals surface area (Å²) in [4.78, 5) is 8.34. The summed E-state index contributed by atoms with van der Waals surface area (Å²) in [5.41, 5.74) is 0.254. The quantitative estimate of drug-likeness (QED) is 0.593. The Morgan fingerprint density at radius 2 is 2.26 bits per heavy atom. The minimum atomic E-state index is -2.40. The lowest BCUT2D eigenvalue weighted by Gasteiger charge is -1.95. The lowest BCUT2D eigenvalue weighted by Crippen LogP contribution is -1.99. The molecular formula is C9H8ClF3N2O2S2. The van der Waals surface area contributed by atoms with E-state index < -0.39 is 29.1 Å². The van der Waals surface area contributed by atoms with Crippen molar-refractivity contribution in [1.29, 1.82) is 0 Å². The van der Waals surface area contributed by atoms with E-state index in [-0.39, 0.29) is 20.1 Å². The van der Waals surface area contributed by atoms with E-state index in [0.717, 1.165) is 11.3 Å². The zero-order valence-electron chi connectivity index (χ0n) is 9.53. The predicted molar refractivity (Wildman–Crippen MR) is 68.0 cm³/mol. The average molecular weight is 333 g/mol. The van der Waals surface area contributed by atoms with Gasteiger partial charge in [-0.05, 0) is 0 Å². The number of thiazole rings is 1. The number of rotatable bonds is 6. The van der Waals surface area contributed by atoms with Crippen LogP contribution in [0.2, 0.25) is 4.34 Å². The monoisotopic (exact) mass is 332 g/mol. The largest absolute Gasteiger partial charge is 0.399 e. The molecule has 0 saturated heterocycles. The molecule has 1 aromatic rings. The third-order valence-electron chi connectivity index (χ3n) is 1.78. The maximum Gasteiger partial charge on any atom is 0.301 e. The van der Waals surface area contributed by atoms with Crippen molar-refractivity contribution in [3.63, 3.8) is 0 Å². The molecule has 0 spiro atoms. The summed E-state index contributed by atoms with van der Waals surface area (Å²) in [5, 5.41) is 3.44. The van der Waals surface area contributed by atoms with Gasteiger partial charge >= 0.3 is 6.08 Å². The first kappa shape index (κ1) is 16.1. The highest BCUT2D eigenvalue weighted by Crippen LogP contribution is 2.26. The second-order valence-corrected chi connectivity index (χ2v) is 6.37. The minimum absolute atomic E-state index is 0.120. The first-order valence-electron chi connectivity index (χ1n) is 4.76. The summed E-state index contributed by atoms with van der Waals surface area (Å²) < 4.78 is 48.3. The Labute approximate surface area is 118 Å². The number of hydrogen-bond acceptors (Lipinski definition) is 5. The van der Waals surface area contributed by atoms with E-state index >= 15 is 0 Å². The summed E-state index contributed by atoms with van der Waals surface area (Å²) in [6, 6.07) is 0. The van der Waals surface area contributed by atoms with Crippen LogP contribution in [0, 0.1) is 0 Å². The Hall–Kier alpha value is -0.930. The van der Waals surface area contributed by atoms with Gasteiger partial charge in [0.1, 0.15) is 17.1 Å². The van der Waals surface area contributed by atoms with E-state index in [1.807, 2.05) is 0 Å². The van der Waals surface area contributed by atoms with Crippen molar-refractivity contribution in [2.75, 3.05) is 12.9 Å². The number of oxime groups is 1. The van der Waals surface area contributed by atoms with Crippen molar-refractivity contribution in [2.24, 2.45) is 5.16 Å². The second kappa shape index (κ2) is 7.61. The molecule has 0 saturated carbocycles. The van der Waals surface area contributed by atoms with Crippen LogP contribution in [0.5, 0.6) is 0 Å². The molecule has 0 aliphatic rings. The van der Waals surface area contributed by atoms with Crippen LogP contribution in [0.15, 0.2) is 21.4 Å². The highest BCUT2D eigenvalue weighted by atomic mass is 35.5. The smallest absolute Gasteiger partial charge is 0.301 e. The van der Waals surface area contributed by atoms with Gasteiger partial charge < -0.3 is 4.84 Å². The fourth-order valence-electron chi connectivity index (χ4n) is 0.938. The number of nitrogens with zero attached hydrogens (tertiary/aromatic N) is 2. The molecule has 1 rings (SSSR count). The molecule has 1 heterocycles. The van der Waals surface area contributed by atoms with E-state index in [2.05, 4.69) is 15.0 Å². The predicted octanol–water partition coefficient (Wildman–Crippen LogP) is 3.35. The molecule has 106 valence electrons. The fraction of sp³-hybridized carbons (Fsp3) is 0.333. The molecule has 0 aliphatic carbocycles. The molecule has 19 heavy (non-hydrogen) atoms. The van der Waals surface area contributed by atoms with Crippen molar-refractivity contribution < 1.29 is 22.2 Å². The average Bonchev–Trinajstić information content (AvgIpc) is 2.74. The van der Waals surface area contributed by atoms with Crippen LogP contribution in [0.4, 0.5) is 13.2 Å². The number of allylic oxidation sites excluding steroid dienone is 1. The highest BCUT2D eigenvalue weighted by Gasteiger charge is 2.15. The van der Waals surface area contributed by atoms with E-state index in [1.54, 1.807) is 0 Å². The Bertz CT molecular complexity index is 530. The zero-order valence-corrected chi connectivity index (χ0v) is 11.9. The molecule has 0 aliphatic heterocycles. The van der Waals surface area contributed by atoms with Gasteiger partial charge in [0.15, 0.2) is 10.2 Å². The van der Waals surface area contributed by atoms with Gasteiger partial charge in [-0.2, -0.15) is 8.78 Å². The SMILES string of the molecule is CON=Cc1nc(S(=O)CCC(F)=C(F)F)sc1Cl. The van der Waals surface area contributed by atoms with Gasteiger partial charge in [-0.15, -0.1) is 0 Å². The molecule has 1 atom stereocenters. The van der Waals surface area contributed by atoms with Crippen molar-refractivity contribution in [1.82, 2.24) is 4.98 Å². The Balaban J connectivity index is 2.73. The maximum absolute atomic E-state index is 12.6. The van der Waals surface area contributed by atoms with Gasteiger partial charge in [0.25, 0.3) is 0 Å². The van der Waals surface area contributed by atoms with Crippen molar-refractivity contribution >= 4 is 40.0 Å². The standard InChI is InChI=1S/C9H8ClF3N2O2S2/c1-17-14-4-6-7(10)18-9(15-6)19(16)3-2-5(11)8(12)13/h4H,2-3H2,1H3. The van der Waals surface area contributed by atoms with Crippen LogP contribution in [-0.4, -0.2) is 28.3 Å². The first-order chi connectivity index (χ1) is 8.95. The van der Waals surface area contributed by atoms with Gasteiger partial charge in [0.2, 0.25) is 0 Å². The minimum Gasteiger partial charge on any atom is -0.399 e. The van der Waals surface area contributed by atoms with Crippen molar-refractivity contribution in [2.45, 2.75) is 10.8 Å². The van der Waals surface area contributed by atoms with Crippen LogP contribution < -0.4 is 0 Å². The second-order valence-electron chi connectivity index (χ2n) is 3.02. The van der Waals surface area contributed by atoms with Gasteiger partial charge in [-0.3, -0.25) is 4.21 Å². The van der Waals surface area contributed by atoms with E-state index in [0.29, 0.717) is 0 Å².